The first-order valence-electron chi connectivity index (χ1n) is 6.21. The van der Waals surface area contributed by atoms with Gasteiger partial charge in [-0.1, -0.05) is 57.3 Å². The Morgan fingerprint density at radius 1 is 1.17 bits per heavy atom. The number of benzene rings is 1. The van der Waals surface area contributed by atoms with Crippen molar-refractivity contribution in [1.82, 2.24) is 0 Å². The van der Waals surface area contributed by atoms with Gasteiger partial charge < -0.3 is 15.2 Å². The van der Waals surface area contributed by atoms with Crippen molar-refractivity contribution >= 4 is 25.8 Å². The summed E-state index contributed by atoms with van der Waals surface area (Å²) in [5.74, 6) is 0. The lowest BCUT2D eigenvalue weighted by atomic mass is 9.77. The van der Waals surface area contributed by atoms with Gasteiger partial charge in [-0.25, -0.2) is 0 Å². The quantitative estimate of drug-likeness (QED) is 0.701. The van der Waals surface area contributed by atoms with E-state index in [1.165, 1.54) is 5.19 Å². The van der Waals surface area contributed by atoms with Crippen LogP contribution in [0.25, 0.3) is 0 Å². The lowest BCUT2D eigenvalue weighted by molar-refractivity contribution is 0.282. The molecule has 0 radical (unpaired) electrons. The number of aliphatic hydroxyl groups excluding tert-OH is 1. The Labute approximate surface area is 111 Å². The molecule has 1 aromatic rings. The molecule has 0 bridgehead atoms. The Hall–Kier alpha value is -0.618. The van der Waals surface area contributed by atoms with Crippen LogP contribution in [0.3, 0.4) is 0 Å². The molecule has 5 heteroatoms. The van der Waals surface area contributed by atoms with Crippen LogP contribution in [0.4, 0.5) is 0 Å². The van der Waals surface area contributed by atoms with Crippen LogP contribution >= 0.6 is 0 Å². The summed E-state index contributed by atoms with van der Waals surface area (Å²) in [6.45, 7) is 11.1. The number of rotatable bonds is 3. The minimum atomic E-state index is -1.66. The van der Waals surface area contributed by atoms with E-state index in [0.29, 0.717) is 11.0 Å². The van der Waals surface area contributed by atoms with E-state index < -0.39 is 15.2 Å². The highest BCUT2D eigenvalue weighted by Gasteiger charge is 2.37. The molecule has 100 valence electrons. The van der Waals surface area contributed by atoms with E-state index in [-0.39, 0.29) is 11.6 Å². The minimum Gasteiger partial charge on any atom is -0.423 e. The van der Waals surface area contributed by atoms with Crippen molar-refractivity contribution in [3.8, 4) is 0 Å². The largest absolute Gasteiger partial charge is 0.488 e. The fourth-order valence-electron chi connectivity index (χ4n) is 1.82. The zero-order chi connectivity index (χ0) is 14.1. The molecular formula is C13H23BO3Si. The van der Waals surface area contributed by atoms with Crippen LogP contribution < -0.4 is 10.6 Å². The molecule has 0 aliphatic heterocycles. The third-order valence-corrected chi connectivity index (χ3v) is 9.69. The topological polar surface area (TPSA) is 60.7 Å². The molecule has 1 aromatic carbocycles. The molecule has 0 aliphatic rings. The lowest BCUT2D eigenvalue weighted by Crippen LogP contribution is -2.50. The van der Waals surface area contributed by atoms with Crippen LogP contribution in [0.5, 0.6) is 0 Å². The summed E-state index contributed by atoms with van der Waals surface area (Å²) in [4.78, 5) is 0. The van der Waals surface area contributed by atoms with Gasteiger partial charge in [0.2, 0.25) is 0 Å². The first kappa shape index (κ1) is 15.4. The average Bonchev–Trinajstić information content (AvgIpc) is 2.26. The highest BCUT2D eigenvalue weighted by atomic mass is 28.3. The van der Waals surface area contributed by atoms with Crippen molar-refractivity contribution < 1.29 is 15.2 Å². The summed E-state index contributed by atoms with van der Waals surface area (Å²) in [6.07, 6.45) is 0. The van der Waals surface area contributed by atoms with Gasteiger partial charge in [-0.05, 0) is 16.1 Å². The van der Waals surface area contributed by atoms with E-state index in [1.54, 1.807) is 6.07 Å². The molecule has 0 saturated heterocycles. The minimum absolute atomic E-state index is 0.171. The molecule has 0 fully saturated rings. The van der Waals surface area contributed by atoms with Crippen LogP contribution in [0.2, 0.25) is 18.1 Å². The maximum Gasteiger partial charge on any atom is 0.488 e. The van der Waals surface area contributed by atoms with E-state index in [2.05, 4.69) is 33.9 Å². The third-order valence-electron chi connectivity index (χ3n) is 4.19. The van der Waals surface area contributed by atoms with Crippen LogP contribution in [-0.2, 0) is 6.61 Å². The summed E-state index contributed by atoms with van der Waals surface area (Å²) >= 11 is 0. The highest BCUT2D eigenvalue weighted by Crippen LogP contribution is 2.35. The second-order valence-electron chi connectivity index (χ2n) is 6.32. The second-order valence-corrected chi connectivity index (χ2v) is 11.6. The van der Waals surface area contributed by atoms with Gasteiger partial charge in [-0.15, -0.1) is 0 Å². The van der Waals surface area contributed by atoms with Crippen molar-refractivity contribution in [3.63, 3.8) is 0 Å². The van der Waals surface area contributed by atoms with E-state index in [9.17, 15) is 15.2 Å². The predicted molar refractivity (Wildman–Crippen MR) is 79.0 cm³/mol. The fourth-order valence-corrected chi connectivity index (χ4v) is 3.72. The second kappa shape index (κ2) is 5.17. The number of aliphatic hydroxyl groups is 1. The van der Waals surface area contributed by atoms with E-state index in [0.717, 1.165) is 0 Å². The first-order valence-corrected chi connectivity index (χ1v) is 9.21. The van der Waals surface area contributed by atoms with Gasteiger partial charge in [0.15, 0.2) is 0 Å². The van der Waals surface area contributed by atoms with Crippen molar-refractivity contribution in [2.45, 2.75) is 45.5 Å². The molecule has 18 heavy (non-hydrogen) atoms. The molecule has 0 atom stereocenters. The van der Waals surface area contributed by atoms with Crippen molar-refractivity contribution in [1.29, 1.82) is 0 Å². The maximum absolute atomic E-state index is 9.35. The molecule has 0 saturated carbocycles. The number of hydrogen-bond acceptors (Lipinski definition) is 3. The molecule has 0 unspecified atom stereocenters. The molecule has 1 rings (SSSR count). The van der Waals surface area contributed by atoms with Crippen LogP contribution in [-0.4, -0.2) is 30.3 Å². The molecule has 0 aromatic heterocycles. The van der Waals surface area contributed by atoms with E-state index in [4.69, 9.17) is 0 Å². The summed E-state index contributed by atoms with van der Waals surface area (Å²) in [5, 5.41) is 29.3. The Bertz CT molecular complexity index is 425. The van der Waals surface area contributed by atoms with E-state index >= 15 is 0 Å². The average molecular weight is 266 g/mol. The Balaban J connectivity index is 3.29. The fraction of sp³-hybridized carbons (Fsp3) is 0.538. The van der Waals surface area contributed by atoms with Crippen LogP contribution in [0.1, 0.15) is 26.3 Å². The maximum atomic E-state index is 9.35. The van der Waals surface area contributed by atoms with Crippen molar-refractivity contribution in [2.75, 3.05) is 0 Å². The van der Waals surface area contributed by atoms with Crippen molar-refractivity contribution in [2.24, 2.45) is 0 Å². The monoisotopic (exact) mass is 266 g/mol. The summed E-state index contributed by atoms with van der Waals surface area (Å²) in [5.41, 5.74) is 0.993. The molecular weight excluding hydrogens is 243 g/mol. The summed E-state index contributed by atoms with van der Waals surface area (Å²) in [6, 6.07) is 5.60. The zero-order valence-electron chi connectivity index (χ0n) is 11.9. The van der Waals surface area contributed by atoms with Gasteiger partial charge in [-0.3, -0.25) is 0 Å². The molecule has 3 nitrogen and oxygen atoms in total. The van der Waals surface area contributed by atoms with Crippen molar-refractivity contribution in [3.05, 3.63) is 23.8 Å². The zero-order valence-corrected chi connectivity index (χ0v) is 12.9. The molecule has 0 amide bonds. The lowest BCUT2D eigenvalue weighted by Gasteiger charge is -2.37. The standard InChI is InChI=1S/C13H23BO3Si/c1-13(2,3)18(4,5)11-6-7-12(14(16)17)10(8-11)9-15/h6-8,15-17H,9H2,1-5H3. The van der Waals surface area contributed by atoms with Gasteiger partial charge in [0.05, 0.1) is 14.7 Å². The Morgan fingerprint density at radius 3 is 2.11 bits per heavy atom. The van der Waals surface area contributed by atoms with Gasteiger partial charge in [0.25, 0.3) is 0 Å². The molecule has 0 heterocycles. The number of hydrogen-bond donors (Lipinski definition) is 3. The van der Waals surface area contributed by atoms with Gasteiger partial charge in [-0.2, -0.15) is 0 Å². The third kappa shape index (κ3) is 2.86. The smallest absolute Gasteiger partial charge is 0.423 e. The summed E-state index contributed by atoms with van der Waals surface area (Å²) < 4.78 is 0. The van der Waals surface area contributed by atoms with Crippen LogP contribution in [0.15, 0.2) is 18.2 Å². The van der Waals surface area contributed by atoms with Crippen LogP contribution in [0, 0.1) is 0 Å². The summed E-state index contributed by atoms with van der Waals surface area (Å²) in [7, 11) is -3.19. The Morgan fingerprint density at radius 2 is 1.72 bits per heavy atom. The van der Waals surface area contributed by atoms with Gasteiger partial charge >= 0.3 is 7.12 Å². The highest BCUT2D eigenvalue weighted by molar-refractivity contribution is 6.92. The molecule has 0 aliphatic carbocycles. The van der Waals surface area contributed by atoms with E-state index in [1.807, 2.05) is 12.1 Å². The molecule has 3 N–H and O–H groups in total. The normalized spacial score (nSPS) is 12.7. The predicted octanol–water partition coefficient (Wildman–Crippen LogP) is 0.574. The SMILES string of the molecule is CC(C)(C)[Si](C)(C)c1ccc(B(O)O)c(CO)c1. The Kier molecular flexibility index (Phi) is 4.43. The van der Waals surface area contributed by atoms with Gasteiger partial charge in [0.1, 0.15) is 0 Å². The first-order chi connectivity index (χ1) is 8.11. The van der Waals surface area contributed by atoms with Gasteiger partial charge in [0, 0.05) is 0 Å². The molecule has 0 spiro atoms.